The third kappa shape index (κ3) is 7.19. The number of carbonyl (C=O) groups excluding carboxylic acids is 2. The number of ether oxygens (including phenoxy) is 3. The minimum atomic E-state index is -4.53. The molecular formula is C30H35F2N7O13P2. The van der Waals surface area contributed by atoms with Gasteiger partial charge in [0.05, 0.1) is 32.4 Å². The lowest BCUT2D eigenvalue weighted by atomic mass is 9.98. The first kappa shape index (κ1) is 38.1. The van der Waals surface area contributed by atoms with Gasteiger partial charge in [-0.1, -0.05) is 13.0 Å². The molecule has 2 aromatic heterocycles. The highest BCUT2D eigenvalue weighted by atomic mass is 31.2. The number of alkyl halides is 2. The maximum atomic E-state index is 16.6. The van der Waals surface area contributed by atoms with E-state index in [-0.39, 0.29) is 47.5 Å². The lowest BCUT2D eigenvalue weighted by Crippen LogP contribution is -2.45. The second kappa shape index (κ2) is 14.2. The van der Waals surface area contributed by atoms with Crippen molar-refractivity contribution in [3.05, 3.63) is 30.6 Å². The molecule has 7 rings (SSSR count). The van der Waals surface area contributed by atoms with Crippen LogP contribution in [0, 0.1) is 0 Å². The van der Waals surface area contributed by atoms with Gasteiger partial charge < -0.3 is 29.0 Å². The summed E-state index contributed by atoms with van der Waals surface area (Å²) < 4.78 is 111. The Kier molecular flexibility index (Phi) is 10.0. The third-order valence-corrected chi connectivity index (χ3v) is 11.5. The van der Waals surface area contributed by atoms with Gasteiger partial charge in [-0.25, -0.2) is 22.9 Å². The Morgan fingerprint density at radius 1 is 1.04 bits per heavy atom. The van der Waals surface area contributed by atoms with Gasteiger partial charge in [0.15, 0.2) is 35.0 Å². The summed E-state index contributed by atoms with van der Waals surface area (Å²) in [5.74, 6) is -1.82. The number of aromatic nitrogens is 4. The number of imide groups is 1. The van der Waals surface area contributed by atoms with Gasteiger partial charge in [-0.15, -0.1) is 0 Å². The Labute approximate surface area is 305 Å². The molecule has 0 bridgehead atoms. The van der Waals surface area contributed by atoms with Crippen LogP contribution in [0.3, 0.4) is 0 Å². The van der Waals surface area contributed by atoms with Crippen molar-refractivity contribution >= 4 is 50.8 Å². The second-order valence-corrected chi connectivity index (χ2v) is 15.8. The Morgan fingerprint density at radius 3 is 2.30 bits per heavy atom. The number of fused-ring (bicyclic) bond motifs is 3. The number of benzene rings is 1. The number of nitrogens with two attached hydrogens (primary N) is 1. The normalized spacial score (nSPS) is 36.1. The molecule has 0 radical (unpaired) electrons. The van der Waals surface area contributed by atoms with Crippen molar-refractivity contribution in [3.8, 4) is 17.4 Å². The van der Waals surface area contributed by atoms with Gasteiger partial charge in [0.25, 0.3) is 5.91 Å². The van der Waals surface area contributed by atoms with E-state index in [1.807, 2.05) is 5.32 Å². The highest BCUT2D eigenvalue weighted by Crippen LogP contribution is 2.61. The number of amides is 2. The highest BCUT2D eigenvalue weighted by molar-refractivity contribution is 7.49. The molecule has 4 aliphatic rings. The smallest absolute Gasteiger partial charge is 0.476 e. The van der Waals surface area contributed by atoms with Gasteiger partial charge in [0, 0.05) is 12.5 Å². The maximum Gasteiger partial charge on any atom is 0.530 e. The number of aliphatic imine (C=N–C) groups is 1. The van der Waals surface area contributed by atoms with Gasteiger partial charge >= 0.3 is 15.6 Å². The molecule has 1 aromatic carbocycles. The number of phosphoric acid groups is 2. The van der Waals surface area contributed by atoms with Crippen LogP contribution in [0.15, 0.2) is 35.6 Å². The molecule has 292 valence electrons. The lowest BCUT2D eigenvalue weighted by molar-refractivity contribution is -0.126. The number of hydrogen-bond donors (Lipinski definition) is 2. The molecule has 54 heavy (non-hydrogen) atoms. The summed E-state index contributed by atoms with van der Waals surface area (Å²) >= 11 is 0. The quantitative estimate of drug-likeness (QED) is 0.220. The molecule has 3 aromatic rings. The zero-order chi connectivity index (χ0) is 38.6. The van der Waals surface area contributed by atoms with E-state index in [4.69, 9.17) is 47.1 Å². The van der Waals surface area contributed by atoms with E-state index in [0.717, 1.165) is 13.0 Å². The SMILES string of the molecule is CCOc1nc(N)nc2c1ncn2C1O[C@@H]2COP(=O)(Oc3cccc(OP4(=O)OC[C@H]5O[C@@H](N=CC(=O)NC(=O)CC)[C@](C)(F)[C@@H]5O4)c3)O[C@H]2[C@@]1(C)F. The number of anilines is 1. The Bertz CT molecular complexity index is 2090. The van der Waals surface area contributed by atoms with Crippen LogP contribution >= 0.6 is 15.6 Å². The predicted octanol–water partition coefficient (Wildman–Crippen LogP) is 3.51. The molecule has 0 spiro atoms. The molecule has 3 unspecified atom stereocenters. The maximum absolute atomic E-state index is 16.6. The zero-order valence-electron chi connectivity index (χ0n) is 29.0. The fourth-order valence-electron chi connectivity index (χ4n) is 6.18. The van der Waals surface area contributed by atoms with Crippen LogP contribution in [0.25, 0.3) is 11.2 Å². The fourth-order valence-corrected chi connectivity index (χ4v) is 9.14. The van der Waals surface area contributed by atoms with E-state index in [1.54, 1.807) is 13.8 Å². The average Bonchev–Trinajstić information content (AvgIpc) is 3.71. The van der Waals surface area contributed by atoms with Crippen LogP contribution in [0.1, 0.15) is 40.3 Å². The summed E-state index contributed by atoms with van der Waals surface area (Å²) in [6.45, 7) is 4.99. The van der Waals surface area contributed by atoms with Gasteiger partial charge in [-0.05, 0) is 32.9 Å². The topological polar surface area (TPSA) is 245 Å². The minimum absolute atomic E-state index is 0.0478. The molecule has 4 fully saturated rings. The van der Waals surface area contributed by atoms with E-state index in [2.05, 4.69) is 19.9 Å². The van der Waals surface area contributed by atoms with E-state index >= 15 is 8.78 Å². The van der Waals surface area contributed by atoms with Gasteiger partial charge in [-0.2, -0.15) is 9.97 Å². The van der Waals surface area contributed by atoms with Crippen molar-refractivity contribution in [2.24, 2.45) is 4.99 Å². The van der Waals surface area contributed by atoms with Crippen LogP contribution in [0.2, 0.25) is 0 Å². The van der Waals surface area contributed by atoms with Gasteiger partial charge in [0.1, 0.15) is 35.9 Å². The van der Waals surface area contributed by atoms with Crippen molar-refractivity contribution < 1.29 is 68.9 Å². The fraction of sp³-hybridized carbons (Fsp3) is 0.533. The lowest BCUT2D eigenvalue weighted by Gasteiger charge is -2.34. The molecule has 24 heteroatoms. The number of nitrogens with zero attached hydrogens (tertiary/aromatic N) is 5. The Balaban J connectivity index is 1.02. The van der Waals surface area contributed by atoms with Crippen molar-refractivity contribution in [1.82, 2.24) is 24.8 Å². The number of hydrogen-bond acceptors (Lipinski definition) is 18. The van der Waals surface area contributed by atoms with Crippen LogP contribution in [0.5, 0.6) is 17.4 Å². The summed E-state index contributed by atoms with van der Waals surface area (Å²) in [6, 6.07) is 5.21. The Morgan fingerprint density at radius 2 is 1.67 bits per heavy atom. The molecular weight excluding hydrogens is 766 g/mol. The number of nitrogens with one attached hydrogen (secondary N) is 1. The number of rotatable bonds is 10. The molecule has 0 aliphatic carbocycles. The first-order valence-electron chi connectivity index (χ1n) is 16.6. The van der Waals surface area contributed by atoms with Crippen LogP contribution in [-0.2, 0) is 46.3 Å². The van der Waals surface area contributed by atoms with Crippen molar-refractivity contribution in [2.75, 3.05) is 25.6 Å². The largest absolute Gasteiger partial charge is 0.530 e. The Hall–Kier alpha value is -4.14. The average molecular weight is 802 g/mol. The number of carbonyl (C=O) groups is 2. The summed E-state index contributed by atoms with van der Waals surface area (Å²) in [4.78, 5) is 39.6. The molecule has 3 N–H and O–H groups in total. The summed E-state index contributed by atoms with van der Waals surface area (Å²) in [7, 11) is -9.05. The number of imidazole rings is 1. The van der Waals surface area contributed by atoms with Crippen molar-refractivity contribution in [3.63, 3.8) is 0 Å². The van der Waals surface area contributed by atoms with Gasteiger partial charge in [-0.3, -0.25) is 42.6 Å². The first-order valence-corrected chi connectivity index (χ1v) is 19.5. The second-order valence-electron chi connectivity index (χ2n) is 12.7. The van der Waals surface area contributed by atoms with Crippen LogP contribution in [-0.4, -0.2) is 99.3 Å². The number of phosphoric ester groups is 2. The van der Waals surface area contributed by atoms with Crippen molar-refractivity contribution in [2.45, 2.75) is 82.3 Å². The minimum Gasteiger partial charge on any atom is -0.476 e. The molecule has 0 saturated carbocycles. The highest BCUT2D eigenvalue weighted by Gasteiger charge is 2.63. The standard InChI is InChI=1S/C30H35F2N7O13P2/c1-5-19(40)36-20(41)11-34-26-29(3,31)22-17(47-26)12-45-53(42,51-22)49-15-8-7-9-16(10-15)50-54(43)46-13-18-23(52-54)30(4,32)27(48-18)39-14-35-21-24(39)37-28(33)38-25(21)44-6-2/h7-11,14,17-18,22-23,26-27H,5-6,12-13H2,1-4H3,(H2,33,37,38)(H,36,40,41)/t17-,18-,22-,23-,26-,27?,29-,30-,53?,54?/m1/s1. The molecule has 4 aliphatic heterocycles. The summed E-state index contributed by atoms with van der Waals surface area (Å²) in [5, 5.41) is 2.04. The number of halogens is 2. The zero-order valence-corrected chi connectivity index (χ0v) is 30.8. The molecule has 4 saturated heterocycles. The van der Waals surface area contributed by atoms with E-state index in [0.29, 0.717) is 6.21 Å². The van der Waals surface area contributed by atoms with Crippen LogP contribution in [0.4, 0.5) is 14.7 Å². The van der Waals surface area contributed by atoms with Crippen LogP contribution < -0.4 is 24.8 Å². The monoisotopic (exact) mass is 801 g/mol. The summed E-state index contributed by atoms with van der Waals surface area (Å²) in [5.41, 5.74) is 1.45. The van der Waals surface area contributed by atoms with Gasteiger partial charge in [0.2, 0.25) is 17.7 Å². The predicted molar refractivity (Wildman–Crippen MR) is 179 cm³/mol. The first-order chi connectivity index (χ1) is 25.5. The van der Waals surface area contributed by atoms with Crippen molar-refractivity contribution in [1.29, 1.82) is 0 Å². The third-order valence-electron chi connectivity index (χ3n) is 8.73. The molecule has 20 nitrogen and oxygen atoms in total. The molecule has 10 atom stereocenters. The van der Waals surface area contributed by atoms with E-state index in [9.17, 15) is 18.7 Å². The van der Waals surface area contributed by atoms with E-state index in [1.165, 1.54) is 36.0 Å². The van der Waals surface area contributed by atoms with E-state index < -0.39 is 88.9 Å². The number of nitrogen functional groups attached to an aromatic ring is 1. The summed E-state index contributed by atoms with van der Waals surface area (Å²) in [6.07, 6.45) is -5.98. The molecule has 6 heterocycles. The molecule has 2 amide bonds.